The largest absolute Gasteiger partial charge is 0.496 e. The van der Waals surface area contributed by atoms with E-state index in [9.17, 15) is 9.59 Å². The number of methoxy groups -OCH3 is 2. The normalized spacial score (nSPS) is 10.5. The molecule has 0 aliphatic carbocycles. The van der Waals surface area contributed by atoms with Crippen LogP contribution in [0, 0.1) is 3.57 Å². The van der Waals surface area contributed by atoms with Crippen molar-refractivity contribution in [3.8, 4) is 11.5 Å². The van der Waals surface area contributed by atoms with Crippen LogP contribution in [0.2, 0.25) is 0 Å². The maximum absolute atomic E-state index is 12.2. The van der Waals surface area contributed by atoms with Crippen molar-refractivity contribution in [2.75, 3.05) is 20.8 Å². The molecule has 1 heterocycles. The lowest BCUT2D eigenvalue weighted by Gasteiger charge is -2.11. The molecule has 0 aliphatic rings. The van der Waals surface area contributed by atoms with Crippen LogP contribution < -0.4 is 14.9 Å². The Balaban J connectivity index is 2.81. The summed E-state index contributed by atoms with van der Waals surface area (Å²) in [6.45, 7) is 1.87. The van der Waals surface area contributed by atoms with Gasteiger partial charge in [-0.25, -0.2) is 4.79 Å². The number of ether oxygens (including phenoxy) is 3. The number of carbonyl (C=O) groups is 1. The second-order valence-corrected chi connectivity index (χ2v) is 5.07. The van der Waals surface area contributed by atoms with Crippen molar-refractivity contribution < 1.29 is 23.4 Å². The van der Waals surface area contributed by atoms with Gasteiger partial charge in [-0.05, 0) is 29.5 Å². The third-order valence-corrected chi connectivity index (χ3v) is 3.81. The summed E-state index contributed by atoms with van der Waals surface area (Å²) in [4.78, 5) is 24.0. The molecular weight excluding hydrogens is 391 g/mol. The lowest BCUT2D eigenvalue weighted by atomic mass is 10.2. The van der Waals surface area contributed by atoms with E-state index >= 15 is 0 Å². The molecule has 21 heavy (non-hydrogen) atoms. The van der Waals surface area contributed by atoms with Gasteiger partial charge >= 0.3 is 5.97 Å². The average molecular weight is 404 g/mol. The predicted molar refractivity (Wildman–Crippen MR) is 84.3 cm³/mol. The molecule has 0 atom stereocenters. The van der Waals surface area contributed by atoms with Crippen LogP contribution >= 0.6 is 22.6 Å². The first-order valence-corrected chi connectivity index (χ1v) is 7.16. The van der Waals surface area contributed by atoms with Gasteiger partial charge in [0.05, 0.1) is 24.4 Å². The fourth-order valence-electron chi connectivity index (χ4n) is 1.86. The average Bonchev–Trinajstić information content (AvgIpc) is 2.48. The minimum Gasteiger partial charge on any atom is -0.496 e. The van der Waals surface area contributed by atoms with Gasteiger partial charge in [-0.1, -0.05) is 0 Å². The van der Waals surface area contributed by atoms with Gasteiger partial charge < -0.3 is 18.6 Å². The highest BCUT2D eigenvalue weighted by Gasteiger charge is 2.20. The summed E-state index contributed by atoms with van der Waals surface area (Å²) in [5, 5.41) is 0.260. The highest BCUT2D eigenvalue weighted by molar-refractivity contribution is 14.1. The zero-order valence-corrected chi connectivity index (χ0v) is 13.8. The smallest absolute Gasteiger partial charge is 0.374 e. The van der Waals surface area contributed by atoms with E-state index < -0.39 is 5.97 Å². The number of halogens is 1. The summed E-state index contributed by atoms with van der Waals surface area (Å²) in [7, 11) is 2.94. The molecule has 0 fully saturated rings. The van der Waals surface area contributed by atoms with Gasteiger partial charge in [0.25, 0.3) is 0 Å². The number of benzene rings is 1. The maximum atomic E-state index is 12.2. The molecule has 0 N–H and O–H groups in total. The highest BCUT2D eigenvalue weighted by atomic mass is 127. The van der Waals surface area contributed by atoms with Crippen LogP contribution in [0.1, 0.15) is 17.5 Å². The quantitative estimate of drug-likeness (QED) is 0.576. The van der Waals surface area contributed by atoms with E-state index in [4.69, 9.17) is 18.6 Å². The van der Waals surface area contributed by atoms with Crippen LogP contribution in [0.5, 0.6) is 11.5 Å². The number of esters is 1. The molecule has 0 radical (unpaired) electrons. The number of hydrogen-bond acceptors (Lipinski definition) is 6. The number of carbonyl (C=O) groups excluding carboxylic acids is 1. The predicted octanol–water partition coefficient (Wildman–Crippen LogP) is 2.59. The molecule has 0 saturated heterocycles. The second-order valence-electron chi connectivity index (χ2n) is 3.99. The SMILES string of the molecule is CCOC(=O)c1cc(=O)c2c(OC)cc(OC)c(I)c2o1. The second kappa shape index (κ2) is 6.33. The number of hydrogen-bond donors (Lipinski definition) is 0. The third-order valence-electron chi connectivity index (χ3n) is 2.79. The number of rotatable bonds is 4. The van der Waals surface area contributed by atoms with Crippen LogP contribution in [0.15, 0.2) is 21.3 Å². The van der Waals surface area contributed by atoms with E-state index in [-0.39, 0.29) is 28.8 Å². The molecule has 6 nitrogen and oxygen atoms in total. The Morgan fingerprint density at radius 2 is 1.90 bits per heavy atom. The fraction of sp³-hybridized carbons (Fsp3) is 0.286. The van der Waals surface area contributed by atoms with Gasteiger partial charge in [-0.2, -0.15) is 0 Å². The summed E-state index contributed by atoms with van der Waals surface area (Å²) in [5.41, 5.74) is -0.140. The Hall–Kier alpha value is -1.77. The topological polar surface area (TPSA) is 75.0 Å². The zero-order chi connectivity index (χ0) is 15.6. The van der Waals surface area contributed by atoms with E-state index in [1.807, 2.05) is 22.6 Å². The van der Waals surface area contributed by atoms with E-state index in [0.717, 1.165) is 6.07 Å². The summed E-state index contributed by atoms with van der Waals surface area (Å²) >= 11 is 1.98. The lowest BCUT2D eigenvalue weighted by Crippen LogP contribution is -2.11. The first kappa shape index (κ1) is 15.6. The van der Waals surface area contributed by atoms with E-state index in [1.54, 1.807) is 13.0 Å². The van der Waals surface area contributed by atoms with Crippen LogP contribution in [-0.4, -0.2) is 26.8 Å². The van der Waals surface area contributed by atoms with Crippen LogP contribution in [0.25, 0.3) is 11.0 Å². The molecule has 112 valence electrons. The molecule has 0 spiro atoms. The molecule has 0 unspecified atom stereocenters. The Labute approximate surface area is 134 Å². The molecule has 0 aliphatic heterocycles. The third kappa shape index (κ3) is 2.82. The summed E-state index contributed by atoms with van der Waals surface area (Å²) < 4.78 is 21.4. The Kier molecular flexibility index (Phi) is 4.71. The first-order chi connectivity index (χ1) is 10.0. The zero-order valence-electron chi connectivity index (χ0n) is 11.7. The molecule has 2 aromatic rings. The Morgan fingerprint density at radius 3 is 2.48 bits per heavy atom. The molecule has 2 rings (SSSR count). The Morgan fingerprint density at radius 1 is 1.24 bits per heavy atom. The molecule has 1 aromatic heterocycles. The monoisotopic (exact) mass is 404 g/mol. The molecule has 0 amide bonds. The first-order valence-electron chi connectivity index (χ1n) is 6.08. The van der Waals surface area contributed by atoms with Gasteiger partial charge in [0.2, 0.25) is 5.76 Å². The van der Waals surface area contributed by atoms with E-state index in [2.05, 4.69) is 0 Å². The van der Waals surface area contributed by atoms with Crippen LogP contribution in [0.4, 0.5) is 0 Å². The fourth-order valence-corrected chi connectivity index (χ4v) is 2.62. The summed E-state index contributed by atoms with van der Waals surface area (Å²) in [5.74, 6) is -0.0211. The molecule has 7 heteroatoms. The molecule has 1 aromatic carbocycles. The van der Waals surface area contributed by atoms with E-state index in [1.165, 1.54) is 14.2 Å². The van der Waals surface area contributed by atoms with Gasteiger partial charge in [0.1, 0.15) is 16.9 Å². The molecule has 0 saturated carbocycles. The van der Waals surface area contributed by atoms with Crippen molar-refractivity contribution in [3.05, 3.63) is 31.7 Å². The van der Waals surface area contributed by atoms with Crippen molar-refractivity contribution in [1.29, 1.82) is 0 Å². The minimum absolute atomic E-state index is 0.150. The molecular formula is C14H13IO6. The van der Waals surface area contributed by atoms with Gasteiger partial charge in [0, 0.05) is 12.1 Å². The Bertz CT molecular complexity index is 749. The van der Waals surface area contributed by atoms with Gasteiger partial charge in [0.15, 0.2) is 11.0 Å². The van der Waals surface area contributed by atoms with Gasteiger partial charge in [-0.3, -0.25) is 4.79 Å². The van der Waals surface area contributed by atoms with Crippen molar-refractivity contribution in [2.45, 2.75) is 6.92 Å². The lowest BCUT2D eigenvalue weighted by molar-refractivity contribution is 0.0490. The van der Waals surface area contributed by atoms with E-state index in [0.29, 0.717) is 15.1 Å². The molecule has 0 bridgehead atoms. The summed E-state index contributed by atoms with van der Waals surface area (Å²) in [6, 6.07) is 2.70. The maximum Gasteiger partial charge on any atom is 0.374 e. The van der Waals surface area contributed by atoms with Crippen molar-refractivity contribution in [2.24, 2.45) is 0 Å². The van der Waals surface area contributed by atoms with Gasteiger partial charge in [-0.15, -0.1) is 0 Å². The summed E-state index contributed by atoms with van der Waals surface area (Å²) in [6.07, 6.45) is 0. The highest BCUT2D eigenvalue weighted by Crippen LogP contribution is 2.35. The van der Waals surface area contributed by atoms with Crippen LogP contribution in [0.3, 0.4) is 0 Å². The van der Waals surface area contributed by atoms with Crippen molar-refractivity contribution in [3.63, 3.8) is 0 Å². The number of fused-ring (bicyclic) bond motifs is 1. The van der Waals surface area contributed by atoms with Crippen LogP contribution in [-0.2, 0) is 4.74 Å². The van der Waals surface area contributed by atoms with Crippen molar-refractivity contribution in [1.82, 2.24) is 0 Å². The van der Waals surface area contributed by atoms with Crippen molar-refractivity contribution >= 4 is 39.5 Å². The standard InChI is InChI=1S/C14H13IO6/c1-4-20-14(17)10-5-7(16)11-8(18-2)6-9(19-3)12(15)13(11)21-10/h5-6H,4H2,1-3H3. The minimum atomic E-state index is -0.686.